The lowest BCUT2D eigenvalue weighted by molar-refractivity contribution is 0.302. The number of hydrogen-bond donors (Lipinski definition) is 1. The lowest BCUT2D eigenvalue weighted by atomic mass is 10.2. The van der Waals surface area contributed by atoms with E-state index in [1.165, 1.54) is 0 Å². The van der Waals surface area contributed by atoms with E-state index >= 15 is 0 Å². The van der Waals surface area contributed by atoms with Crippen molar-refractivity contribution in [3.8, 4) is 0 Å². The molecule has 0 bridgehead atoms. The van der Waals surface area contributed by atoms with Crippen molar-refractivity contribution in [2.24, 2.45) is 0 Å². The number of hydrogen-bond acceptors (Lipinski definition) is 2. The maximum absolute atomic E-state index is 3.33. The Balaban J connectivity index is 2.50. The molecule has 1 aromatic carbocycles. The van der Waals surface area contributed by atoms with E-state index < -0.39 is 0 Å². The summed E-state index contributed by atoms with van der Waals surface area (Å²) in [6.45, 7) is 4.39. The van der Waals surface area contributed by atoms with Gasteiger partial charge in [-0.25, -0.2) is 5.01 Å². The number of hydrazine groups is 1. The van der Waals surface area contributed by atoms with Crippen LogP contribution < -0.4 is 5.43 Å². The average Bonchev–Trinajstić information content (AvgIpc) is 2.18. The van der Waals surface area contributed by atoms with Gasteiger partial charge in [-0.05, 0) is 25.5 Å². The highest BCUT2D eigenvalue weighted by molar-refractivity contribution is 5.41. The third-order valence-corrected chi connectivity index (χ3v) is 2.33. The molecule has 0 aromatic heterocycles. The van der Waals surface area contributed by atoms with Gasteiger partial charge in [0.1, 0.15) is 0 Å². The van der Waals surface area contributed by atoms with E-state index in [4.69, 9.17) is 0 Å². The van der Waals surface area contributed by atoms with Gasteiger partial charge in [-0.1, -0.05) is 25.1 Å². The van der Waals surface area contributed by atoms with Crippen molar-refractivity contribution in [1.82, 2.24) is 5.01 Å². The maximum Gasteiger partial charge on any atom is 0.0490 e. The maximum atomic E-state index is 3.33. The van der Waals surface area contributed by atoms with Crippen LogP contribution >= 0.6 is 0 Å². The van der Waals surface area contributed by atoms with Crippen LogP contribution in [0.5, 0.6) is 0 Å². The fraction of sp³-hybridized carbons (Fsp3) is 0.455. The first-order valence-corrected chi connectivity index (χ1v) is 4.78. The van der Waals surface area contributed by atoms with Gasteiger partial charge >= 0.3 is 0 Å². The van der Waals surface area contributed by atoms with Crippen LogP contribution in [-0.2, 0) is 0 Å². The fourth-order valence-corrected chi connectivity index (χ4v) is 1.10. The van der Waals surface area contributed by atoms with Crippen molar-refractivity contribution < 1.29 is 0 Å². The second-order valence-corrected chi connectivity index (χ2v) is 3.35. The zero-order chi connectivity index (χ0) is 9.68. The molecule has 1 rings (SSSR count). The van der Waals surface area contributed by atoms with Crippen LogP contribution in [0.2, 0.25) is 0 Å². The van der Waals surface area contributed by atoms with Gasteiger partial charge in [0.15, 0.2) is 0 Å². The lowest BCUT2D eigenvalue weighted by Crippen LogP contribution is -2.33. The first kappa shape index (κ1) is 10.1. The number of anilines is 1. The standard InChI is InChI=1S/C11H18N2/c1-4-10(2)13(3)12-11-8-6-5-7-9-11/h5-10,12H,4H2,1-3H3. The van der Waals surface area contributed by atoms with E-state index in [9.17, 15) is 0 Å². The van der Waals surface area contributed by atoms with Gasteiger partial charge < -0.3 is 5.43 Å². The van der Waals surface area contributed by atoms with E-state index in [0.29, 0.717) is 6.04 Å². The normalized spacial score (nSPS) is 12.9. The quantitative estimate of drug-likeness (QED) is 0.713. The number of rotatable bonds is 4. The molecule has 13 heavy (non-hydrogen) atoms. The Morgan fingerprint density at radius 2 is 1.92 bits per heavy atom. The van der Waals surface area contributed by atoms with Crippen LogP contribution in [0.25, 0.3) is 0 Å². The Kier molecular flexibility index (Phi) is 3.77. The Hall–Kier alpha value is -1.02. The van der Waals surface area contributed by atoms with Crippen molar-refractivity contribution in [3.63, 3.8) is 0 Å². The van der Waals surface area contributed by atoms with Crippen molar-refractivity contribution in [2.45, 2.75) is 26.3 Å². The molecular weight excluding hydrogens is 160 g/mol. The summed E-state index contributed by atoms with van der Waals surface area (Å²) in [5.41, 5.74) is 4.47. The molecule has 2 heteroatoms. The van der Waals surface area contributed by atoms with Gasteiger partial charge in [-0.15, -0.1) is 0 Å². The van der Waals surface area contributed by atoms with E-state index in [0.717, 1.165) is 12.1 Å². The van der Waals surface area contributed by atoms with E-state index in [2.05, 4.69) is 43.5 Å². The Morgan fingerprint density at radius 3 is 2.46 bits per heavy atom. The molecule has 0 spiro atoms. The van der Waals surface area contributed by atoms with Crippen LogP contribution in [0.1, 0.15) is 20.3 Å². The molecule has 0 aliphatic heterocycles. The van der Waals surface area contributed by atoms with Gasteiger partial charge in [0.2, 0.25) is 0 Å². The molecule has 1 atom stereocenters. The summed E-state index contributed by atoms with van der Waals surface area (Å²) < 4.78 is 0. The largest absolute Gasteiger partial charge is 0.319 e. The Labute approximate surface area is 80.5 Å². The molecule has 0 saturated heterocycles. The molecule has 0 radical (unpaired) electrons. The van der Waals surface area contributed by atoms with Crippen molar-refractivity contribution in [1.29, 1.82) is 0 Å². The Morgan fingerprint density at radius 1 is 1.31 bits per heavy atom. The minimum Gasteiger partial charge on any atom is -0.319 e. The van der Waals surface area contributed by atoms with Crippen molar-refractivity contribution >= 4 is 5.69 Å². The highest BCUT2D eigenvalue weighted by atomic mass is 15.5. The molecule has 72 valence electrons. The molecule has 0 heterocycles. The lowest BCUT2D eigenvalue weighted by Gasteiger charge is -2.25. The molecule has 0 fully saturated rings. The number of para-hydroxylation sites is 1. The van der Waals surface area contributed by atoms with Gasteiger partial charge in [-0.2, -0.15) is 0 Å². The summed E-state index contributed by atoms with van der Waals surface area (Å²) >= 11 is 0. The van der Waals surface area contributed by atoms with Gasteiger partial charge in [0, 0.05) is 18.8 Å². The minimum absolute atomic E-state index is 0.556. The van der Waals surface area contributed by atoms with E-state index in [1.807, 2.05) is 18.2 Å². The van der Waals surface area contributed by atoms with Gasteiger partial charge in [0.25, 0.3) is 0 Å². The number of nitrogens with one attached hydrogen (secondary N) is 1. The minimum atomic E-state index is 0.556. The monoisotopic (exact) mass is 178 g/mol. The second-order valence-electron chi connectivity index (χ2n) is 3.35. The topological polar surface area (TPSA) is 15.3 Å². The molecule has 1 N–H and O–H groups in total. The zero-order valence-corrected chi connectivity index (χ0v) is 8.62. The molecule has 0 amide bonds. The average molecular weight is 178 g/mol. The first-order valence-electron chi connectivity index (χ1n) is 4.78. The SMILES string of the molecule is CCC(C)N(C)Nc1ccccc1. The van der Waals surface area contributed by atoms with E-state index in [1.54, 1.807) is 0 Å². The summed E-state index contributed by atoms with van der Waals surface area (Å²) in [6, 6.07) is 10.8. The zero-order valence-electron chi connectivity index (χ0n) is 8.62. The van der Waals surface area contributed by atoms with Gasteiger partial charge in [-0.3, -0.25) is 0 Å². The third kappa shape index (κ3) is 3.07. The van der Waals surface area contributed by atoms with Crippen LogP contribution in [0.3, 0.4) is 0 Å². The van der Waals surface area contributed by atoms with Crippen LogP contribution in [0.15, 0.2) is 30.3 Å². The smallest absolute Gasteiger partial charge is 0.0490 e. The molecule has 0 saturated carbocycles. The van der Waals surface area contributed by atoms with Crippen LogP contribution in [0, 0.1) is 0 Å². The highest BCUT2D eigenvalue weighted by Gasteiger charge is 2.04. The van der Waals surface area contributed by atoms with Gasteiger partial charge in [0.05, 0.1) is 0 Å². The predicted molar refractivity (Wildman–Crippen MR) is 57.6 cm³/mol. The van der Waals surface area contributed by atoms with Crippen molar-refractivity contribution in [2.75, 3.05) is 12.5 Å². The van der Waals surface area contributed by atoms with Crippen molar-refractivity contribution in [3.05, 3.63) is 30.3 Å². The summed E-state index contributed by atoms with van der Waals surface area (Å²) in [4.78, 5) is 0. The molecule has 2 nitrogen and oxygen atoms in total. The fourth-order valence-electron chi connectivity index (χ4n) is 1.10. The summed E-state index contributed by atoms with van der Waals surface area (Å²) in [5, 5.41) is 2.13. The predicted octanol–water partition coefficient (Wildman–Crippen LogP) is 2.74. The summed E-state index contributed by atoms with van der Waals surface area (Å²) in [5.74, 6) is 0. The number of benzene rings is 1. The van der Waals surface area contributed by atoms with E-state index in [-0.39, 0.29) is 0 Å². The number of nitrogens with zero attached hydrogens (tertiary/aromatic N) is 1. The summed E-state index contributed by atoms with van der Waals surface area (Å²) in [7, 11) is 2.07. The molecule has 1 unspecified atom stereocenters. The van der Waals surface area contributed by atoms with Crippen LogP contribution in [0.4, 0.5) is 5.69 Å². The molecule has 0 aliphatic rings. The molecule has 1 aromatic rings. The Bertz CT molecular complexity index is 233. The highest BCUT2D eigenvalue weighted by Crippen LogP contribution is 2.08. The first-order chi connectivity index (χ1) is 6.24. The molecular formula is C11H18N2. The second kappa shape index (κ2) is 4.87. The molecule has 0 aliphatic carbocycles. The van der Waals surface area contributed by atoms with Crippen LogP contribution in [-0.4, -0.2) is 18.1 Å². The third-order valence-electron chi connectivity index (χ3n) is 2.33. The summed E-state index contributed by atoms with van der Waals surface area (Å²) in [6.07, 6.45) is 1.15.